The van der Waals surface area contributed by atoms with Crippen LogP contribution in [0.1, 0.15) is 278 Å². The molecule has 0 saturated carbocycles. The van der Waals surface area contributed by atoms with E-state index in [9.17, 15) is 28.9 Å². The van der Waals surface area contributed by atoms with Gasteiger partial charge < -0.3 is 24.2 Å². The second-order valence-electron chi connectivity index (χ2n) is 20.1. The van der Waals surface area contributed by atoms with Gasteiger partial charge in [-0.2, -0.15) is 0 Å². The Balaban J connectivity index is 4.73. The van der Waals surface area contributed by atoms with Gasteiger partial charge in [0.2, 0.25) is 0 Å². The fraction of sp³-hybridized carbons (Fsp3) is 0.790. The number of phosphoric acid groups is 1. The molecule has 12 heteroatoms. The van der Waals surface area contributed by atoms with Gasteiger partial charge in [-0.05, 0) is 83.5 Å². The van der Waals surface area contributed by atoms with E-state index in [4.69, 9.17) is 23.3 Å². The van der Waals surface area contributed by atoms with Crippen LogP contribution < -0.4 is 0 Å². The van der Waals surface area contributed by atoms with E-state index in [2.05, 4.69) is 81.5 Å². The van der Waals surface area contributed by atoms with Crippen LogP contribution in [0.5, 0.6) is 0 Å². The summed E-state index contributed by atoms with van der Waals surface area (Å²) >= 11 is 0. The number of rotatable bonds is 56. The normalized spacial score (nSPS) is 13.7. The molecule has 0 rings (SSSR count). The standard InChI is InChI=1S/C62H111O11P/c1-4-7-10-13-16-19-22-25-27-29-31-34-36-39-42-45-48-51-60(64)69-55-59(73-62(66)53-50-47-44-41-38-35-32-30-28-26-23-20-17-14-11-8-5-2)57-71-74(67,68)70-56-58(54-63)72-61(65)52-49-46-43-40-37-33-24-21-18-15-12-9-6-3/h7,10,16-17,19-20,25-28,58-59,63H,4-6,8-9,11-15,18,21-24,29-57H2,1-3H3,(H,67,68)/b10-7-,19-16-,20-17-,27-25-,28-26-. The van der Waals surface area contributed by atoms with Gasteiger partial charge in [0.1, 0.15) is 12.7 Å². The molecule has 3 unspecified atom stereocenters. The van der Waals surface area contributed by atoms with Gasteiger partial charge in [-0.15, -0.1) is 0 Å². The first-order chi connectivity index (χ1) is 36.2. The Labute approximate surface area is 453 Å². The van der Waals surface area contributed by atoms with Gasteiger partial charge in [0, 0.05) is 19.3 Å². The second kappa shape index (κ2) is 56.4. The maximum absolute atomic E-state index is 12.9. The van der Waals surface area contributed by atoms with Crippen LogP contribution in [0.25, 0.3) is 0 Å². The van der Waals surface area contributed by atoms with Crippen LogP contribution >= 0.6 is 7.82 Å². The lowest BCUT2D eigenvalue weighted by Gasteiger charge is -2.21. The van der Waals surface area contributed by atoms with E-state index >= 15 is 0 Å². The van der Waals surface area contributed by atoms with Gasteiger partial charge in [-0.1, -0.05) is 236 Å². The van der Waals surface area contributed by atoms with Gasteiger partial charge in [-0.3, -0.25) is 23.4 Å². The van der Waals surface area contributed by atoms with Crippen molar-refractivity contribution in [1.82, 2.24) is 0 Å². The molecule has 3 atom stereocenters. The number of allylic oxidation sites excluding steroid dienone is 10. The molecule has 0 aromatic rings. The predicted molar refractivity (Wildman–Crippen MR) is 307 cm³/mol. The minimum atomic E-state index is -4.75. The van der Waals surface area contributed by atoms with Crippen LogP contribution in [-0.4, -0.2) is 66.5 Å². The molecule has 0 aliphatic carbocycles. The molecular formula is C62H111O11P. The molecule has 0 aromatic heterocycles. The first-order valence-electron chi connectivity index (χ1n) is 30.2. The van der Waals surface area contributed by atoms with Crippen LogP contribution in [-0.2, 0) is 42.2 Å². The van der Waals surface area contributed by atoms with E-state index < -0.39 is 57.8 Å². The molecule has 0 amide bonds. The largest absolute Gasteiger partial charge is 0.472 e. The van der Waals surface area contributed by atoms with Crippen molar-refractivity contribution in [2.75, 3.05) is 26.4 Å². The van der Waals surface area contributed by atoms with E-state index in [1.165, 1.54) is 109 Å². The van der Waals surface area contributed by atoms with Crippen molar-refractivity contribution in [3.63, 3.8) is 0 Å². The molecule has 0 bridgehead atoms. The van der Waals surface area contributed by atoms with Gasteiger partial charge in [-0.25, -0.2) is 4.57 Å². The van der Waals surface area contributed by atoms with Gasteiger partial charge in [0.05, 0.1) is 19.8 Å². The molecule has 0 spiro atoms. The highest BCUT2D eigenvalue weighted by atomic mass is 31.2. The van der Waals surface area contributed by atoms with Gasteiger partial charge in [0.15, 0.2) is 6.10 Å². The molecule has 0 aliphatic heterocycles. The molecule has 74 heavy (non-hydrogen) atoms. The fourth-order valence-corrected chi connectivity index (χ4v) is 9.13. The van der Waals surface area contributed by atoms with Crippen molar-refractivity contribution in [2.45, 2.75) is 290 Å². The van der Waals surface area contributed by atoms with Crippen molar-refractivity contribution < 1.29 is 52.2 Å². The Kier molecular flexibility index (Phi) is 54.2. The number of carbonyl (C=O) groups is 3. The number of carbonyl (C=O) groups excluding carboxylic acids is 3. The quantitative estimate of drug-likeness (QED) is 0.0197. The number of aliphatic hydroxyl groups is 1. The zero-order chi connectivity index (χ0) is 54.1. The van der Waals surface area contributed by atoms with Crippen molar-refractivity contribution in [3.05, 3.63) is 60.8 Å². The Hall–Kier alpha value is -2.82. The first-order valence-corrected chi connectivity index (χ1v) is 31.7. The number of hydrogen-bond acceptors (Lipinski definition) is 10. The molecule has 430 valence electrons. The van der Waals surface area contributed by atoms with Crippen LogP contribution in [0.4, 0.5) is 0 Å². The Morgan fingerprint density at radius 2 is 0.703 bits per heavy atom. The van der Waals surface area contributed by atoms with Crippen LogP contribution in [0, 0.1) is 0 Å². The summed E-state index contributed by atoms with van der Waals surface area (Å²) in [5.74, 6) is -1.47. The lowest BCUT2D eigenvalue weighted by molar-refractivity contribution is -0.161. The summed E-state index contributed by atoms with van der Waals surface area (Å²) in [4.78, 5) is 48.6. The number of hydrogen-bond donors (Lipinski definition) is 2. The third-order valence-electron chi connectivity index (χ3n) is 12.9. The maximum atomic E-state index is 12.9. The highest BCUT2D eigenvalue weighted by Crippen LogP contribution is 2.43. The summed E-state index contributed by atoms with van der Waals surface area (Å²) in [6.07, 6.45) is 61.7. The zero-order valence-corrected chi connectivity index (χ0v) is 48.5. The lowest BCUT2D eigenvalue weighted by atomic mass is 10.0. The molecule has 0 radical (unpaired) electrons. The summed E-state index contributed by atoms with van der Waals surface area (Å²) in [6, 6.07) is 0. The minimum Gasteiger partial charge on any atom is -0.462 e. The van der Waals surface area contributed by atoms with E-state index in [0.717, 1.165) is 109 Å². The van der Waals surface area contributed by atoms with E-state index in [0.29, 0.717) is 19.3 Å². The Bertz CT molecular complexity index is 1470. The molecule has 0 saturated heterocycles. The number of unbranched alkanes of at least 4 members (excludes halogenated alkanes) is 29. The minimum absolute atomic E-state index is 0.157. The molecular weight excluding hydrogens is 952 g/mol. The maximum Gasteiger partial charge on any atom is 0.472 e. The van der Waals surface area contributed by atoms with Crippen molar-refractivity contribution in [3.8, 4) is 0 Å². The second-order valence-corrected chi connectivity index (χ2v) is 21.6. The third-order valence-corrected chi connectivity index (χ3v) is 13.9. The van der Waals surface area contributed by atoms with E-state index in [1.54, 1.807) is 0 Å². The predicted octanol–water partition coefficient (Wildman–Crippen LogP) is 17.9. The fourth-order valence-electron chi connectivity index (χ4n) is 8.34. The summed E-state index contributed by atoms with van der Waals surface area (Å²) < 4.78 is 39.6. The summed E-state index contributed by atoms with van der Waals surface area (Å²) in [5.41, 5.74) is 0. The highest BCUT2D eigenvalue weighted by molar-refractivity contribution is 7.47. The SMILES string of the molecule is CC/C=C\C/C=C\C/C=C\CCCCCCCCCC(=O)OCC(COP(=O)(O)OCC(CO)OC(=O)CCCCCCCCCCCCCCC)OC(=O)CCCCCCCCC/C=C\C/C=C\CCCCC. The number of phosphoric ester groups is 1. The highest BCUT2D eigenvalue weighted by Gasteiger charge is 2.28. The number of esters is 3. The summed E-state index contributed by atoms with van der Waals surface area (Å²) in [6.45, 7) is 4.52. The Morgan fingerprint density at radius 1 is 0.392 bits per heavy atom. The van der Waals surface area contributed by atoms with Crippen LogP contribution in [0.15, 0.2) is 60.8 Å². The summed E-state index contributed by atoms with van der Waals surface area (Å²) in [5, 5.41) is 9.82. The van der Waals surface area contributed by atoms with Crippen LogP contribution in [0.3, 0.4) is 0 Å². The average molecular weight is 1060 g/mol. The van der Waals surface area contributed by atoms with Crippen molar-refractivity contribution in [1.29, 1.82) is 0 Å². The molecule has 2 N–H and O–H groups in total. The van der Waals surface area contributed by atoms with Crippen molar-refractivity contribution in [2.24, 2.45) is 0 Å². The van der Waals surface area contributed by atoms with E-state index in [1.807, 2.05) is 0 Å². The number of aliphatic hydroxyl groups excluding tert-OH is 1. The average Bonchev–Trinajstić information content (AvgIpc) is 3.39. The van der Waals surface area contributed by atoms with Crippen LogP contribution in [0.2, 0.25) is 0 Å². The smallest absolute Gasteiger partial charge is 0.462 e. The topological polar surface area (TPSA) is 155 Å². The zero-order valence-electron chi connectivity index (χ0n) is 47.6. The lowest BCUT2D eigenvalue weighted by Crippen LogP contribution is -2.30. The first kappa shape index (κ1) is 71.2. The molecule has 11 nitrogen and oxygen atoms in total. The molecule has 0 fully saturated rings. The van der Waals surface area contributed by atoms with Gasteiger partial charge in [0.25, 0.3) is 0 Å². The van der Waals surface area contributed by atoms with E-state index in [-0.39, 0.29) is 25.9 Å². The molecule has 0 aliphatic rings. The van der Waals surface area contributed by atoms with Crippen molar-refractivity contribution >= 4 is 25.7 Å². The molecule has 0 aromatic carbocycles. The monoisotopic (exact) mass is 1060 g/mol. The number of ether oxygens (including phenoxy) is 3. The third kappa shape index (κ3) is 54.0. The summed E-state index contributed by atoms with van der Waals surface area (Å²) in [7, 11) is -4.75. The molecule has 0 heterocycles. The van der Waals surface area contributed by atoms with Gasteiger partial charge >= 0.3 is 25.7 Å². The Morgan fingerprint density at radius 3 is 1.11 bits per heavy atom.